The number of hydrogen-bond acceptors (Lipinski definition) is 3. The van der Waals surface area contributed by atoms with Crippen molar-refractivity contribution >= 4 is 28.9 Å². The quantitative estimate of drug-likeness (QED) is 0.843. The van der Waals surface area contributed by atoms with E-state index in [0.717, 1.165) is 13.1 Å². The molecule has 0 saturated carbocycles. The Morgan fingerprint density at radius 1 is 1.38 bits per heavy atom. The van der Waals surface area contributed by atoms with Crippen molar-refractivity contribution in [3.05, 3.63) is 23.2 Å². The SMILES string of the molecule is CC1CC(C)CN(C(C)C(=O)Nc2ccc(Cl)cc2N)C1. The van der Waals surface area contributed by atoms with Crippen molar-refractivity contribution in [2.24, 2.45) is 11.8 Å². The van der Waals surface area contributed by atoms with Gasteiger partial charge in [0.1, 0.15) is 0 Å². The fourth-order valence-electron chi connectivity index (χ4n) is 3.08. The Hall–Kier alpha value is -1.26. The molecule has 21 heavy (non-hydrogen) atoms. The molecule has 3 N–H and O–H groups in total. The van der Waals surface area contributed by atoms with Crippen LogP contribution in [-0.4, -0.2) is 29.9 Å². The maximum atomic E-state index is 12.4. The van der Waals surface area contributed by atoms with E-state index in [4.69, 9.17) is 17.3 Å². The summed E-state index contributed by atoms with van der Waals surface area (Å²) in [6.07, 6.45) is 1.23. The van der Waals surface area contributed by atoms with E-state index in [1.807, 2.05) is 6.92 Å². The van der Waals surface area contributed by atoms with Crippen molar-refractivity contribution in [2.75, 3.05) is 24.1 Å². The topological polar surface area (TPSA) is 58.4 Å². The van der Waals surface area contributed by atoms with Crippen molar-refractivity contribution in [3.8, 4) is 0 Å². The van der Waals surface area contributed by atoms with E-state index >= 15 is 0 Å². The highest BCUT2D eigenvalue weighted by atomic mass is 35.5. The van der Waals surface area contributed by atoms with Crippen molar-refractivity contribution in [1.82, 2.24) is 4.90 Å². The Kier molecular flexibility index (Phi) is 5.12. The van der Waals surface area contributed by atoms with Gasteiger partial charge < -0.3 is 11.1 Å². The molecule has 0 aromatic heterocycles. The van der Waals surface area contributed by atoms with Crippen LogP contribution in [-0.2, 0) is 4.79 Å². The van der Waals surface area contributed by atoms with Crippen molar-refractivity contribution in [1.29, 1.82) is 0 Å². The van der Waals surface area contributed by atoms with Crippen LogP contribution in [0.4, 0.5) is 11.4 Å². The Bertz CT molecular complexity index is 510. The van der Waals surface area contributed by atoms with Crippen LogP contribution in [0.3, 0.4) is 0 Å². The van der Waals surface area contributed by atoms with E-state index in [1.165, 1.54) is 6.42 Å². The van der Waals surface area contributed by atoms with E-state index in [2.05, 4.69) is 24.1 Å². The predicted octanol–water partition coefficient (Wildman–Crippen LogP) is 3.23. The predicted molar refractivity (Wildman–Crippen MR) is 88.5 cm³/mol. The first-order valence-corrected chi connectivity index (χ1v) is 7.84. The lowest BCUT2D eigenvalue weighted by atomic mass is 9.91. The first kappa shape index (κ1) is 16.1. The van der Waals surface area contributed by atoms with Gasteiger partial charge in [-0.25, -0.2) is 0 Å². The summed E-state index contributed by atoms with van der Waals surface area (Å²) >= 11 is 5.87. The summed E-state index contributed by atoms with van der Waals surface area (Å²) in [5.74, 6) is 1.24. The number of benzene rings is 1. The van der Waals surface area contributed by atoms with Crippen LogP contribution in [0, 0.1) is 11.8 Å². The molecule has 116 valence electrons. The van der Waals surface area contributed by atoms with Gasteiger partial charge >= 0.3 is 0 Å². The Balaban J connectivity index is 2.02. The number of nitrogens with two attached hydrogens (primary N) is 1. The molecule has 3 atom stereocenters. The number of anilines is 2. The van der Waals surface area contributed by atoms with Gasteiger partial charge in [-0.3, -0.25) is 9.69 Å². The molecule has 5 heteroatoms. The lowest BCUT2D eigenvalue weighted by Crippen LogP contribution is -2.48. The molecular weight excluding hydrogens is 286 g/mol. The first-order valence-electron chi connectivity index (χ1n) is 7.46. The molecule has 1 aliphatic rings. The molecule has 0 aliphatic carbocycles. The fourth-order valence-corrected chi connectivity index (χ4v) is 3.26. The molecule has 1 amide bonds. The first-order chi connectivity index (χ1) is 9.86. The third-order valence-electron chi connectivity index (χ3n) is 4.10. The number of hydrogen-bond donors (Lipinski definition) is 2. The summed E-state index contributed by atoms with van der Waals surface area (Å²) in [6.45, 7) is 8.37. The molecule has 1 fully saturated rings. The minimum atomic E-state index is -0.162. The second-order valence-electron chi connectivity index (χ2n) is 6.30. The Labute approximate surface area is 131 Å². The lowest BCUT2D eigenvalue weighted by Gasteiger charge is -2.38. The molecule has 1 saturated heterocycles. The number of nitrogen functional groups attached to an aromatic ring is 1. The molecule has 1 aliphatic heterocycles. The molecule has 0 radical (unpaired) electrons. The van der Waals surface area contributed by atoms with Gasteiger partial charge in [0.2, 0.25) is 5.91 Å². The number of carbonyl (C=O) groups excluding carboxylic acids is 1. The summed E-state index contributed by atoms with van der Waals surface area (Å²) < 4.78 is 0. The minimum Gasteiger partial charge on any atom is -0.397 e. The average molecular weight is 310 g/mol. The number of rotatable bonds is 3. The lowest BCUT2D eigenvalue weighted by molar-refractivity contribution is -0.121. The molecule has 0 spiro atoms. The van der Waals surface area contributed by atoms with Gasteiger partial charge in [-0.2, -0.15) is 0 Å². The number of carbonyl (C=O) groups is 1. The smallest absolute Gasteiger partial charge is 0.241 e. The number of likely N-dealkylation sites (tertiary alicyclic amines) is 1. The second kappa shape index (κ2) is 6.67. The summed E-state index contributed by atoms with van der Waals surface area (Å²) in [4.78, 5) is 14.7. The fraction of sp³-hybridized carbons (Fsp3) is 0.562. The Morgan fingerprint density at radius 3 is 2.57 bits per heavy atom. The van der Waals surface area contributed by atoms with Crippen LogP contribution in [0.25, 0.3) is 0 Å². The summed E-state index contributed by atoms with van der Waals surface area (Å²) in [5, 5.41) is 3.47. The van der Waals surface area contributed by atoms with Gasteiger partial charge in [0.15, 0.2) is 0 Å². The van der Waals surface area contributed by atoms with Crippen molar-refractivity contribution < 1.29 is 4.79 Å². The number of nitrogens with one attached hydrogen (secondary N) is 1. The third kappa shape index (κ3) is 4.11. The molecular formula is C16H24ClN3O. The molecule has 1 aromatic rings. The number of piperidine rings is 1. The van der Waals surface area contributed by atoms with Gasteiger partial charge in [-0.15, -0.1) is 0 Å². The van der Waals surface area contributed by atoms with Crippen molar-refractivity contribution in [3.63, 3.8) is 0 Å². The monoisotopic (exact) mass is 309 g/mol. The van der Waals surface area contributed by atoms with E-state index in [9.17, 15) is 4.79 Å². The number of nitrogens with zero attached hydrogens (tertiary/aromatic N) is 1. The van der Waals surface area contributed by atoms with Gasteiger partial charge in [0.25, 0.3) is 0 Å². The van der Waals surface area contributed by atoms with E-state index in [-0.39, 0.29) is 11.9 Å². The number of halogens is 1. The van der Waals surface area contributed by atoms with Crippen LogP contribution in [0.15, 0.2) is 18.2 Å². The van der Waals surface area contributed by atoms with Crippen molar-refractivity contribution in [2.45, 2.75) is 33.2 Å². The van der Waals surface area contributed by atoms with E-state index < -0.39 is 0 Å². The molecule has 4 nitrogen and oxygen atoms in total. The summed E-state index contributed by atoms with van der Waals surface area (Å²) in [6, 6.07) is 4.95. The third-order valence-corrected chi connectivity index (χ3v) is 4.33. The van der Waals surface area contributed by atoms with Gasteiger partial charge in [0, 0.05) is 18.1 Å². The van der Waals surface area contributed by atoms with E-state index in [1.54, 1.807) is 18.2 Å². The highest BCUT2D eigenvalue weighted by molar-refractivity contribution is 6.31. The van der Waals surface area contributed by atoms with Gasteiger partial charge in [-0.1, -0.05) is 25.4 Å². The van der Waals surface area contributed by atoms with Crippen LogP contribution in [0.2, 0.25) is 5.02 Å². The number of amides is 1. The van der Waals surface area contributed by atoms with Gasteiger partial charge in [-0.05, 0) is 43.4 Å². The van der Waals surface area contributed by atoms with Crippen LogP contribution in [0.5, 0.6) is 0 Å². The van der Waals surface area contributed by atoms with Crippen LogP contribution < -0.4 is 11.1 Å². The van der Waals surface area contributed by atoms with Gasteiger partial charge in [0.05, 0.1) is 17.4 Å². The normalized spacial score (nSPS) is 24.6. The highest BCUT2D eigenvalue weighted by Crippen LogP contribution is 2.25. The maximum Gasteiger partial charge on any atom is 0.241 e. The zero-order valence-corrected chi connectivity index (χ0v) is 13.7. The maximum absolute atomic E-state index is 12.4. The summed E-state index contributed by atoms with van der Waals surface area (Å²) in [7, 11) is 0. The molecule has 1 aromatic carbocycles. The zero-order valence-electron chi connectivity index (χ0n) is 12.9. The average Bonchev–Trinajstić information content (AvgIpc) is 2.40. The van der Waals surface area contributed by atoms with Crippen LogP contribution >= 0.6 is 11.6 Å². The van der Waals surface area contributed by atoms with E-state index in [0.29, 0.717) is 28.2 Å². The second-order valence-corrected chi connectivity index (χ2v) is 6.73. The highest BCUT2D eigenvalue weighted by Gasteiger charge is 2.28. The molecule has 1 heterocycles. The minimum absolute atomic E-state index is 0.0228. The van der Waals surface area contributed by atoms with Crippen LogP contribution in [0.1, 0.15) is 27.2 Å². The summed E-state index contributed by atoms with van der Waals surface area (Å²) in [5.41, 5.74) is 6.99. The largest absolute Gasteiger partial charge is 0.397 e. The molecule has 3 unspecified atom stereocenters. The standard InChI is InChI=1S/C16H24ClN3O/c1-10-6-11(2)9-20(8-10)12(3)16(21)19-15-5-4-13(17)7-14(15)18/h4-5,7,10-12H,6,8-9,18H2,1-3H3,(H,19,21). The Morgan fingerprint density at radius 2 is 2.00 bits per heavy atom. The molecule has 0 bridgehead atoms. The zero-order chi connectivity index (χ0) is 15.6. The molecule has 2 rings (SSSR count).